The lowest BCUT2D eigenvalue weighted by Crippen LogP contribution is -2.23. The number of nitrogens with zero attached hydrogens (tertiary/aromatic N) is 1. The van der Waals surface area contributed by atoms with Gasteiger partial charge in [-0.15, -0.1) is 11.8 Å². The third-order valence-electron chi connectivity index (χ3n) is 2.51. The lowest BCUT2D eigenvalue weighted by molar-refractivity contribution is -0.118. The second kappa shape index (κ2) is 9.97. The van der Waals surface area contributed by atoms with E-state index in [4.69, 9.17) is 0 Å². The molecule has 4 heteroatoms. The van der Waals surface area contributed by atoms with Crippen LogP contribution in [-0.4, -0.2) is 49.5 Å². The van der Waals surface area contributed by atoms with Gasteiger partial charge in [0.15, 0.2) is 0 Å². The van der Waals surface area contributed by atoms with Crippen molar-refractivity contribution in [1.29, 1.82) is 0 Å². The van der Waals surface area contributed by atoms with Gasteiger partial charge in [0.1, 0.15) is 0 Å². The first kappa shape index (κ1) is 15.8. The molecule has 0 spiro atoms. The lowest BCUT2D eigenvalue weighted by Gasteiger charge is -2.18. The van der Waals surface area contributed by atoms with Crippen LogP contribution in [0.3, 0.4) is 0 Å². The van der Waals surface area contributed by atoms with Crippen molar-refractivity contribution < 1.29 is 4.79 Å². The Labute approximate surface area is 104 Å². The van der Waals surface area contributed by atoms with Gasteiger partial charge in [0.05, 0.1) is 5.75 Å². The molecule has 1 unspecified atom stereocenters. The minimum Gasteiger partial charge on any atom is -0.358 e. The molecule has 0 aromatic rings. The third kappa shape index (κ3) is 9.04. The average Bonchev–Trinajstić information content (AvgIpc) is 2.27. The van der Waals surface area contributed by atoms with E-state index in [1.807, 2.05) is 0 Å². The Morgan fingerprint density at radius 2 is 2.06 bits per heavy atom. The fourth-order valence-corrected chi connectivity index (χ4v) is 2.55. The first-order chi connectivity index (χ1) is 7.60. The van der Waals surface area contributed by atoms with Crippen LogP contribution in [-0.2, 0) is 4.79 Å². The molecule has 0 rings (SSSR count). The van der Waals surface area contributed by atoms with Crippen LogP contribution in [0.25, 0.3) is 0 Å². The minimum atomic E-state index is 0.136. The van der Waals surface area contributed by atoms with Crippen LogP contribution in [0.5, 0.6) is 0 Å². The summed E-state index contributed by atoms with van der Waals surface area (Å²) in [6.45, 7) is 3.32. The minimum absolute atomic E-state index is 0.136. The maximum absolute atomic E-state index is 11.2. The fourth-order valence-electron chi connectivity index (χ4n) is 1.41. The van der Waals surface area contributed by atoms with Crippen molar-refractivity contribution >= 4 is 17.7 Å². The summed E-state index contributed by atoms with van der Waals surface area (Å²) in [6.07, 6.45) is 4.90. The van der Waals surface area contributed by atoms with Gasteiger partial charge >= 0.3 is 0 Å². The molecular formula is C12H26N2OS. The highest BCUT2D eigenvalue weighted by Crippen LogP contribution is 2.20. The molecule has 1 amide bonds. The summed E-state index contributed by atoms with van der Waals surface area (Å²) in [6, 6.07) is 0. The molecule has 0 heterocycles. The fraction of sp³-hybridized carbons (Fsp3) is 0.917. The predicted molar refractivity (Wildman–Crippen MR) is 73.0 cm³/mol. The number of nitrogens with one attached hydrogen (secondary N) is 1. The van der Waals surface area contributed by atoms with Crippen molar-refractivity contribution in [2.24, 2.45) is 0 Å². The number of rotatable bonds is 9. The summed E-state index contributed by atoms with van der Waals surface area (Å²) in [5.74, 6) is 0.731. The van der Waals surface area contributed by atoms with E-state index in [1.54, 1.807) is 18.8 Å². The molecule has 0 aliphatic heterocycles. The first-order valence-corrected chi connectivity index (χ1v) is 7.12. The van der Waals surface area contributed by atoms with E-state index in [0.29, 0.717) is 11.0 Å². The molecule has 0 aromatic heterocycles. The van der Waals surface area contributed by atoms with Crippen LogP contribution < -0.4 is 5.32 Å². The van der Waals surface area contributed by atoms with Crippen LogP contribution in [0.15, 0.2) is 0 Å². The van der Waals surface area contributed by atoms with Gasteiger partial charge in [-0.05, 0) is 33.5 Å². The van der Waals surface area contributed by atoms with Crippen molar-refractivity contribution in [3.05, 3.63) is 0 Å². The summed E-state index contributed by atoms with van der Waals surface area (Å²) in [5.41, 5.74) is 0. The number of hydrogen-bond donors (Lipinski definition) is 1. The number of hydrogen-bond acceptors (Lipinski definition) is 3. The molecule has 0 saturated carbocycles. The highest BCUT2D eigenvalue weighted by Gasteiger charge is 2.11. The topological polar surface area (TPSA) is 32.3 Å². The summed E-state index contributed by atoms with van der Waals surface area (Å²) in [7, 11) is 5.89. The van der Waals surface area contributed by atoms with Crippen molar-refractivity contribution in [3.63, 3.8) is 0 Å². The molecule has 16 heavy (non-hydrogen) atoms. The van der Waals surface area contributed by atoms with Crippen molar-refractivity contribution in [3.8, 4) is 0 Å². The van der Waals surface area contributed by atoms with Gasteiger partial charge in [-0.1, -0.05) is 19.8 Å². The van der Waals surface area contributed by atoms with Gasteiger partial charge in [-0.3, -0.25) is 4.79 Å². The van der Waals surface area contributed by atoms with E-state index >= 15 is 0 Å². The Bertz CT molecular complexity index is 186. The standard InChI is InChI=1S/C12H26N2OS/c1-5-6-7-11(8-9-14(3)4)16-10-12(15)13-2/h11H,5-10H2,1-4H3,(H,13,15). The highest BCUT2D eigenvalue weighted by atomic mass is 32.2. The largest absolute Gasteiger partial charge is 0.358 e. The van der Waals surface area contributed by atoms with Gasteiger partial charge in [-0.25, -0.2) is 0 Å². The molecule has 0 aromatic carbocycles. The lowest BCUT2D eigenvalue weighted by atomic mass is 10.1. The van der Waals surface area contributed by atoms with Crippen LogP contribution in [0, 0.1) is 0 Å². The molecule has 0 bridgehead atoms. The summed E-state index contributed by atoms with van der Waals surface area (Å²) in [4.78, 5) is 13.4. The Balaban J connectivity index is 3.84. The van der Waals surface area contributed by atoms with Crippen molar-refractivity contribution in [2.75, 3.05) is 33.4 Å². The van der Waals surface area contributed by atoms with E-state index in [0.717, 1.165) is 6.54 Å². The quantitative estimate of drug-likeness (QED) is 0.675. The number of unbranched alkanes of at least 4 members (excludes halogenated alkanes) is 1. The van der Waals surface area contributed by atoms with Gasteiger partial charge in [0.25, 0.3) is 0 Å². The van der Waals surface area contributed by atoms with E-state index < -0.39 is 0 Å². The Kier molecular flexibility index (Phi) is 9.83. The van der Waals surface area contributed by atoms with Gasteiger partial charge in [0, 0.05) is 12.3 Å². The predicted octanol–water partition coefficient (Wildman–Crippen LogP) is 1.98. The van der Waals surface area contributed by atoms with Gasteiger partial charge in [0.2, 0.25) is 5.91 Å². The highest BCUT2D eigenvalue weighted by molar-refractivity contribution is 8.00. The molecule has 0 fully saturated rings. The molecule has 96 valence electrons. The van der Waals surface area contributed by atoms with Crippen LogP contribution in [0.2, 0.25) is 0 Å². The number of carbonyl (C=O) groups is 1. The Morgan fingerprint density at radius 1 is 1.38 bits per heavy atom. The van der Waals surface area contributed by atoms with E-state index in [2.05, 4.69) is 31.2 Å². The maximum Gasteiger partial charge on any atom is 0.229 e. The number of carbonyl (C=O) groups excluding carboxylic acids is 1. The van der Waals surface area contributed by atoms with E-state index in [-0.39, 0.29) is 5.91 Å². The van der Waals surface area contributed by atoms with E-state index in [9.17, 15) is 4.79 Å². The molecule has 3 nitrogen and oxygen atoms in total. The molecule has 0 saturated heterocycles. The zero-order valence-electron chi connectivity index (χ0n) is 11.1. The van der Waals surface area contributed by atoms with Crippen molar-refractivity contribution in [2.45, 2.75) is 37.9 Å². The van der Waals surface area contributed by atoms with Gasteiger partial charge < -0.3 is 10.2 Å². The van der Waals surface area contributed by atoms with Crippen LogP contribution in [0.1, 0.15) is 32.6 Å². The summed E-state index contributed by atoms with van der Waals surface area (Å²) in [5, 5.41) is 3.30. The zero-order chi connectivity index (χ0) is 12.4. The molecule has 1 atom stereocenters. The first-order valence-electron chi connectivity index (χ1n) is 6.07. The van der Waals surface area contributed by atoms with Crippen molar-refractivity contribution in [1.82, 2.24) is 10.2 Å². The molecule has 0 aliphatic rings. The second-order valence-electron chi connectivity index (χ2n) is 4.34. The number of thioether (sulfide) groups is 1. The smallest absolute Gasteiger partial charge is 0.229 e. The Hall–Kier alpha value is -0.220. The normalized spacial score (nSPS) is 12.8. The zero-order valence-corrected chi connectivity index (χ0v) is 11.9. The Morgan fingerprint density at radius 3 is 2.56 bits per heavy atom. The van der Waals surface area contributed by atoms with E-state index in [1.165, 1.54) is 25.7 Å². The maximum atomic E-state index is 11.2. The number of amides is 1. The van der Waals surface area contributed by atoms with Gasteiger partial charge in [-0.2, -0.15) is 0 Å². The molecule has 0 radical (unpaired) electrons. The average molecular weight is 246 g/mol. The SMILES string of the molecule is CCCCC(CCN(C)C)SCC(=O)NC. The summed E-state index contributed by atoms with van der Waals surface area (Å²) < 4.78 is 0. The third-order valence-corrected chi connectivity index (χ3v) is 3.88. The molecule has 1 N–H and O–H groups in total. The molecule has 0 aliphatic carbocycles. The second-order valence-corrected chi connectivity index (χ2v) is 5.63. The van der Waals surface area contributed by atoms with Crippen LogP contribution >= 0.6 is 11.8 Å². The van der Waals surface area contributed by atoms with Crippen LogP contribution in [0.4, 0.5) is 0 Å². The monoisotopic (exact) mass is 246 g/mol. The molecular weight excluding hydrogens is 220 g/mol. The summed E-state index contributed by atoms with van der Waals surface area (Å²) >= 11 is 1.80.